The van der Waals surface area contributed by atoms with E-state index in [9.17, 15) is 8.42 Å². The predicted molar refractivity (Wildman–Crippen MR) is 90.5 cm³/mol. The van der Waals surface area contributed by atoms with Crippen molar-refractivity contribution < 1.29 is 8.42 Å². The zero-order valence-electron chi connectivity index (χ0n) is 12.9. The van der Waals surface area contributed by atoms with Crippen molar-refractivity contribution in [1.29, 1.82) is 0 Å². The van der Waals surface area contributed by atoms with Gasteiger partial charge in [-0.1, -0.05) is 42.5 Å². The first kappa shape index (κ1) is 14.9. The van der Waals surface area contributed by atoms with E-state index in [2.05, 4.69) is 5.32 Å². The summed E-state index contributed by atoms with van der Waals surface area (Å²) in [5, 5.41) is 3.30. The van der Waals surface area contributed by atoms with Crippen LogP contribution in [0.25, 0.3) is 11.1 Å². The van der Waals surface area contributed by atoms with E-state index in [-0.39, 0.29) is 6.04 Å². The van der Waals surface area contributed by atoms with Gasteiger partial charge in [-0.2, -0.15) is 4.31 Å². The van der Waals surface area contributed by atoms with Crippen LogP contribution in [-0.2, 0) is 10.0 Å². The van der Waals surface area contributed by atoms with Crippen molar-refractivity contribution in [3.63, 3.8) is 0 Å². The maximum Gasteiger partial charge on any atom is 0.243 e. The third-order valence-electron chi connectivity index (χ3n) is 4.96. The van der Waals surface area contributed by atoms with Gasteiger partial charge in [0.15, 0.2) is 0 Å². The number of rotatable bonds is 3. The molecular formula is C18H20N2O2S. The molecule has 2 heterocycles. The van der Waals surface area contributed by atoms with Crippen molar-refractivity contribution in [1.82, 2.24) is 9.62 Å². The van der Waals surface area contributed by atoms with Crippen molar-refractivity contribution in [2.45, 2.75) is 17.4 Å². The first-order valence-electron chi connectivity index (χ1n) is 8.04. The zero-order valence-corrected chi connectivity index (χ0v) is 13.7. The Balaban J connectivity index is 1.62. The first-order chi connectivity index (χ1) is 11.2. The number of benzene rings is 2. The molecule has 2 aromatic rings. The highest BCUT2D eigenvalue weighted by atomic mass is 32.2. The second kappa shape index (κ2) is 5.74. The molecule has 2 aliphatic rings. The summed E-state index contributed by atoms with van der Waals surface area (Å²) < 4.78 is 27.5. The smallest absolute Gasteiger partial charge is 0.243 e. The lowest BCUT2D eigenvalue weighted by Gasteiger charge is -2.22. The predicted octanol–water partition coefficient (Wildman–Crippen LogP) is 2.34. The van der Waals surface area contributed by atoms with Crippen molar-refractivity contribution >= 4 is 10.0 Å². The van der Waals surface area contributed by atoms with Crippen LogP contribution in [0.5, 0.6) is 0 Å². The Hall–Kier alpha value is -1.69. The molecule has 0 aliphatic carbocycles. The second-order valence-electron chi connectivity index (χ2n) is 6.28. The Morgan fingerprint density at radius 1 is 0.913 bits per heavy atom. The Morgan fingerprint density at radius 2 is 1.61 bits per heavy atom. The lowest BCUT2D eigenvalue weighted by Crippen LogP contribution is -2.38. The highest BCUT2D eigenvalue weighted by Gasteiger charge is 2.43. The minimum absolute atomic E-state index is 0.119. The molecule has 0 aromatic heterocycles. The molecule has 4 nitrogen and oxygen atoms in total. The van der Waals surface area contributed by atoms with Crippen LogP contribution >= 0.6 is 0 Å². The van der Waals surface area contributed by atoms with Crippen molar-refractivity contribution in [2.24, 2.45) is 5.92 Å². The van der Waals surface area contributed by atoms with Gasteiger partial charge >= 0.3 is 0 Å². The normalized spacial score (nSPS) is 24.7. The number of sulfonamides is 1. The van der Waals surface area contributed by atoms with E-state index in [1.165, 1.54) is 0 Å². The minimum Gasteiger partial charge on any atom is -0.315 e. The van der Waals surface area contributed by atoms with Gasteiger partial charge in [0.2, 0.25) is 10.0 Å². The van der Waals surface area contributed by atoms with Crippen molar-refractivity contribution in [3.8, 4) is 11.1 Å². The van der Waals surface area contributed by atoms with Gasteiger partial charge in [0, 0.05) is 19.1 Å². The van der Waals surface area contributed by atoms with Crippen LogP contribution in [0.1, 0.15) is 6.42 Å². The van der Waals surface area contributed by atoms with Crippen molar-refractivity contribution in [3.05, 3.63) is 54.6 Å². The molecule has 23 heavy (non-hydrogen) atoms. The third-order valence-corrected chi connectivity index (χ3v) is 6.90. The molecule has 2 aliphatic heterocycles. The molecular weight excluding hydrogens is 308 g/mol. The van der Waals surface area contributed by atoms with Gasteiger partial charge in [0.1, 0.15) is 0 Å². The van der Waals surface area contributed by atoms with E-state index >= 15 is 0 Å². The third kappa shape index (κ3) is 2.59. The fraction of sp³-hybridized carbons (Fsp3) is 0.333. The second-order valence-corrected chi connectivity index (χ2v) is 8.17. The molecule has 0 unspecified atom stereocenters. The molecule has 0 radical (unpaired) electrons. The SMILES string of the molecule is O=S(=O)(c1ccc(-c2ccccc2)cc1)N1CC[C@H]2CNC[C@H]21. The molecule has 1 N–H and O–H groups in total. The standard InChI is InChI=1S/C18H20N2O2S/c21-23(22,20-11-10-16-12-19-13-18(16)20)17-8-6-15(7-9-17)14-4-2-1-3-5-14/h1-9,16,18-19H,10-13H2/t16-,18+/m0/s1. The molecule has 120 valence electrons. The van der Waals surface area contributed by atoms with E-state index in [0.29, 0.717) is 17.4 Å². The summed E-state index contributed by atoms with van der Waals surface area (Å²) >= 11 is 0. The number of hydrogen-bond acceptors (Lipinski definition) is 3. The molecule has 4 rings (SSSR count). The highest BCUT2D eigenvalue weighted by Crippen LogP contribution is 2.32. The van der Waals surface area contributed by atoms with Gasteiger partial charge in [-0.05, 0) is 42.1 Å². The first-order valence-corrected chi connectivity index (χ1v) is 9.48. The van der Waals surface area contributed by atoms with Gasteiger partial charge in [-0.15, -0.1) is 0 Å². The summed E-state index contributed by atoms with van der Waals surface area (Å²) in [4.78, 5) is 0.393. The Kier molecular flexibility index (Phi) is 3.71. The quantitative estimate of drug-likeness (QED) is 0.941. The summed E-state index contributed by atoms with van der Waals surface area (Å²) in [5.41, 5.74) is 2.13. The molecule has 2 atom stereocenters. The molecule has 0 spiro atoms. The molecule has 2 saturated heterocycles. The van der Waals surface area contributed by atoms with E-state index in [1.807, 2.05) is 42.5 Å². The van der Waals surface area contributed by atoms with Crippen LogP contribution in [0, 0.1) is 5.92 Å². The monoisotopic (exact) mass is 328 g/mol. The summed E-state index contributed by atoms with van der Waals surface area (Å²) in [6.07, 6.45) is 0.957. The molecule has 0 saturated carbocycles. The Labute approximate surface area is 137 Å². The van der Waals surface area contributed by atoms with Gasteiger partial charge < -0.3 is 5.32 Å². The van der Waals surface area contributed by atoms with E-state index in [1.54, 1.807) is 16.4 Å². The van der Waals surface area contributed by atoms with E-state index < -0.39 is 10.0 Å². The number of hydrogen-bond donors (Lipinski definition) is 1. The average Bonchev–Trinajstić information content (AvgIpc) is 3.19. The zero-order chi connectivity index (χ0) is 15.9. The van der Waals surface area contributed by atoms with Crippen LogP contribution in [-0.4, -0.2) is 38.4 Å². The van der Waals surface area contributed by atoms with Gasteiger partial charge in [-0.3, -0.25) is 0 Å². The van der Waals surface area contributed by atoms with Gasteiger partial charge in [-0.25, -0.2) is 8.42 Å². The van der Waals surface area contributed by atoms with Crippen LogP contribution < -0.4 is 5.32 Å². The fourth-order valence-corrected chi connectivity index (χ4v) is 5.39. The summed E-state index contributed by atoms with van der Waals surface area (Å²) in [5.74, 6) is 0.466. The highest BCUT2D eigenvalue weighted by molar-refractivity contribution is 7.89. The van der Waals surface area contributed by atoms with Crippen LogP contribution in [0.4, 0.5) is 0 Å². The largest absolute Gasteiger partial charge is 0.315 e. The van der Waals surface area contributed by atoms with Gasteiger partial charge in [0.05, 0.1) is 4.90 Å². The Bertz CT molecular complexity index is 788. The topological polar surface area (TPSA) is 49.4 Å². The molecule has 0 amide bonds. The number of nitrogens with one attached hydrogen (secondary N) is 1. The molecule has 0 bridgehead atoms. The van der Waals surface area contributed by atoms with Gasteiger partial charge in [0.25, 0.3) is 0 Å². The average molecular weight is 328 g/mol. The maximum atomic E-state index is 12.9. The maximum absolute atomic E-state index is 12.9. The summed E-state index contributed by atoms with van der Waals surface area (Å²) in [6, 6.07) is 17.4. The summed E-state index contributed by atoms with van der Waals surface area (Å²) in [6.45, 7) is 2.34. The summed E-state index contributed by atoms with van der Waals surface area (Å²) in [7, 11) is -3.40. The lowest BCUT2D eigenvalue weighted by molar-refractivity contribution is 0.383. The fourth-order valence-electron chi connectivity index (χ4n) is 3.69. The van der Waals surface area contributed by atoms with E-state index in [4.69, 9.17) is 0 Å². The van der Waals surface area contributed by atoms with E-state index in [0.717, 1.165) is 30.6 Å². The molecule has 2 fully saturated rings. The van der Waals surface area contributed by atoms with Crippen LogP contribution in [0.2, 0.25) is 0 Å². The minimum atomic E-state index is -3.40. The lowest BCUT2D eigenvalue weighted by atomic mass is 10.1. The number of fused-ring (bicyclic) bond motifs is 1. The van der Waals surface area contributed by atoms with Crippen molar-refractivity contribution in [2.75, 3.05) is 19.6 Å². The molecule has 5 heteroatoms. The Morgan fingerprint density at radius 3 is 2.35 bits per heavy atom. The van der Waals surface area contributed by atoms with Crippen LogP contribution in [0.15, 0.2) is 59.5 Å². The molecule has 2 aromatic carbocycles. The number of nitrogens with zero attached hydrogens (tertiary/aromatic N) is 1. The van der Waals surface area contributed by atoms with Crippen LogP contribution in [0.3, 0.4) is 0 Å².